The number of aliphatic carboxylic acids is 1. The van der Waals surface area contributed by atoms with E-state index in [1.54, 1.807) is 19.9 Å². The van der Waals surface area contributed by atoms with E-state index in [4.69, 9.17) is 9.84 Å². The molecule has 3 N–H and O–H groups in total. The molecular formula is C14H18O5. The zero-order chi connectivity index (χ0) is 14.2. The normalized spacial score (nSPS) is 20.5. The predicted octanol–water partition coefficient (Wildman–Crippen LogP) is 1.48. The van der Waals surface area contributed by atoms with Crippen molar-refractivity contribution in [1.82, 2.24) is 0 Å². The Morgan fingerprint density at radius 1 is 1.47 bits per heavy atom. The first kappa shape index (κ1) is 13.7. The number of fused-ring (bicyclic) bond motifs is 1. The van der Waals surface area contributed by atoms with Crippen LogP contribution in [0.2, 0.25) is 0 Å². The average Bonchev–Trinajstić information content (AvgIpc) is 2.28. The highest BCUT2D eigenvalue weighted by Gasteiger charge is 2.36. The van der Waals surface area contributed by atoms with Crippen molar-refractivity contribution in [3.8, 4) is 11.5 Å². The van der Waals surface area contributed by atoms with Crippen LogP contribution in [0.4, 0.5) is 0 Å². The van der Waals surface area contributed by atoms with Crippen LogP contribution in [0.3, 0.4) is 0 Å². The number of aryl methyl sites for hydroxylation is 1. The van der Waals surface area contributed by atoms with Gasteiger partial charge in [-0.2, -0.15) is 0 Å². The van der Waals surface area contributed by atoms with Crippen LogP contribution in [0, 0.1) is 0 Å². The SMILES string of the molecule is CC1(C)Oc2cc(O)c(CCC(=O)O)cc2C[C@@H]1O. The van der Waals surface area contributed by atoms with E-state index >= 15 is 0 Å². The number of benzene rings is 1. The maximum absolute atomic E-state index is 10.6. The second-order valence-electron chi connectivity index (χ2n) is 5.41. The van der Waals surface area contributed by atoms with E-state index < -0.39 is 17.7 Å². The van der Waals surface area contributed by atoms with Gasteiger partial charge < -0.3 is 20.1 Å². The van der Waals surface area contributed by atoms with Gasteiger partial charge in [0, 0.05) is 18.9 Å². The summed E-state index contributed by atoms with van der Waals surface area (Å²) in [5.74, 6) is -0.325. The number of aliphatic hydroxyl groups excluding tert-OH is 1. The van der Waals surface area contributed by atoms with Crippen molar-refractivity contribution in [3.05, 3.63) is 23.3 Å². The van der Waals surface area contributed by atoms with Gasteiger partial charge >= 0.3 is 5.97 Å². The molecule has 0 fully saturated rings. The van der Waals surface area contributed by atoms with E-state index in [-0.39, 0.29) is 18.6 Å². The summed E-state index contributed by atoms with van der Waals surface area (Å²) in [5.41, 5.74) is 0.670. The van der Waals surface area contributed by atoms with Crippen LogP contribution in [0.1, 0.15) is 31.4 Å². The molecule has 0 radical (unpaired) electrons. The number of ether oxygens (including phenoxy) is 1. The zero-order valence-electron chi connectivity index (χ0n) is 11.0. The van der Waals surface area contributed by atoms with Crippen molar-refractivity contribution in [2.24, 2.45) is 0 Å². The van der Waals surface area contributed by atoms with E-state index in [2.05, 4.69) is 0 Å². The Balaban J connectivity index is 2.29. The Morgan fingerprint density at radius 3 is 2.79 bits per heavy atom. The number of hydrogen-bond donors (Lipinski definition) is 3. The molecular weight excluding hydrogens is 248 g/mol. The Morgan fingerprint density at radius 2 is 2.16 bits per heavy atom. The molecule has 1 atom stereocenters. The average molecular weight is 266 g/mol. The fraction of sp³-hybridized carbons (Fsp3) is 0.500. The lowest BCUT2D eigenvalue weighted by Crippen LogP contribution is -2.46. The third kappa shape index (κ3) is 2.81. The minimum Gasteiger partial charge on any atom is -0.508 e. The quantitative estimate of drug-likeness (QED) is 0.771. The first-order valence-electron chi connectivity index (χ1n) is 6.23. The Bertz CT molecular complexity index is 507. The molecule has 0 saturated carbocycles. The van der Waals surface area contributed by atoms with E-state index in [9.17, 15) is 15.0 Å². The van der Waals surface area contributed by atoms with Gasteiger partial charge in [0.15, 0.2) is 0 Å². The molecule has 5 nitrogen and oxygen atoms in total. The number of phenolic OH excluding ortho intramolecular Hbond substituents is 1. The number of phenols is 1. The van der Waals surface area contributed by atoms with Gasteiger partial charge in [-0.05, 0) is 37.5 Å². The predicted molar refractivity (Wildman–Crippen MR) is 68.5 cm³/mol. The van der Waals surface area contributed by atoms with Gasteiger partial charge in [-0.15, -0.1) is 0 Å². The highest BCUT2D eigenvalue weighted by molar-refractivity contribution is 5.67. The smallest absolute Gasteiger partial charge is 0.303 e. The Kier molecular flexibility index (Phi) is 3.41. The van der Waals surface area contributed by atoms with Gasteiger partial charge in [0.05, 0.1) is 6.10 Å². The van der Waals surface area contributed by atoms with E-state index in [1.165, 1.54) is 6.07 Å². The van der Waals surface area contributed by atoms with Gasteiger partial charge in [-0.25, -0.2) is 0 Å². The fourth-order valence-electron chi connectivity index (χ4n) is 2.17. The van der Waals surface area contributed by atoms with Crippen LogP contribution < -0.4 is 4.74 Å². The van der Waals surface area contributed by atoms with E-state index in [1.807, 2.05) is 0 Å². The summed E-state index contributed by atoms with van der Waals surface area (Å²) in [6.07, 6.45) is 0.0228. The van der Waals surface area contributed by atoms with Crippen LogP contribution in [0.5, 0.6) is 11.5 Å². The molecule has 0 aromatic heterocycles. The monoisotopic (exact) mass is 266 g/mol. The largest absolute Gasteiger partial charge is 0.508 e. The first-order chi connectivity index (χ1) is 8.79. The van der Waals surface area contributed by atoms with E-state index in [0.717, 1.165) is 5.56 Å². The van der Waals surface area contributed by atoms with Crippen molar-refractivity contribution in [3.63, 3.8) is 0 Å². The van der Waals surface area contributed by atoms with Crippen LogP contribution >= 0.6 is 0 Å². The van der Waals surface area contributed by atoms with Crippen molar-refractivity contribution in [2.45, 2.75) is 44.8 Å². The number of aromatic hydroxyl groups is 1. The third-order valence-corrected chi connectivity index (χ3v) is 3.46. The summed E-state index contributed by atoms with van der Waals surface area (Å²) in [6, 6.07) is 3.21. The van der Waals surface area contributed by atoms with Gasteiger partial charge in [0.2, 0.25) is 0 Å². The lowest BCUT2D eigenvalue weighted by Gasteiger charge is -2.37. The lowest BCUT2D eigenvalue weighted by molar-refractivity contribution is -0.136. The number of carbonyl (C=O) groups is 1. The van der Waals surface area contributed by atoms with Crippen LogP contribution in [-0.4, -0.2) is 33.0 Å². The standard InChI is InChI=1S/C14H18O5/c1-14(2)12(16)6-9-5-8(3-4-13(17)18)10(15)7-11(9)19-14/h5,7,12,15-16H,3-4,6H2,1-2H3,(H,17,18)/t12-/m0/s1. The molecule has 0 spiro atoms. The summed E-state index contributed by atoms with van der Waals surface area (Å²) in [4.78, 5) is 10.6. The number of aliphatic hydroxyl groups is 1. The molecule has 0 bridgehead atoms. The first-order valence-corrected chi connectivity index (χ1v) is 6.23. The molecule has 5 heteroatoms. The number of hydrogen-bond acceptors (Lipinski definition) is 4. The van der Waals surface area contributed by atoms with Crippen molar-refractivity contribution >= 4 is 5.97 Å². The molecule has 1 aliphatic heterocycles. The Labute approximate surface area is 111 Å². The molecule has 1 aliphatic rings. The molecule has 2 rings (SSSR count). The van der Waals surface area contributed by atoms with Crippen LogP contribution in [0.15, 0.2) is 12.1 Å². The number of carboxylic acid groups (broad SMARTS) is 1. The highest BCUT2D eigenvalue weighted by Crippen LogP contribution is 2.37. The summed E-state index contributed by atoms with van der Waals surface area (Å²) < 4.78 is 5.67. The third-order valence-electron chi connectivity index (χ3n) is 3.46. The minimum absolute atomic E-state index is 0.0344. The lowest BCUT2D eigenvalue weighted by atomic mass is 9.89. The molecule has 0 aliphatic carbocycles. The van der Waals surface area contributed by atoms with Crippen molar-refractivity contribution < 1.29 is 24.9 Å². The topological polar surface area (TPSA) is 87.0 Å². The second-order valence-corrected chi connectivity index (χ2v) is 5.41. The van der Waals surface area contributed by atoms with E-state index in [0.29, 0.717) is 17.7 Å². The summed E-state index contributed by atoms with van der Waals surface area (Å²) in [5, 5.41) is 28.5. The van der Waals surface area contributed by atoms with Crippen LogP contribution in [-0.2, 0) is 17.6 Å². The molecule has 1 heterocycles. The summed E-state index contributed by atoms with van der Waals surface area (Å²) in [6.45, 7) is 3.58. The van der Waals surface area contributed by atoms with Crippen molar-refractivity contribution in [2.75, 3.05) is 0 Å². The fourth-order valence-corrected chi connectivity index (χ4v) is 2.17. The summed E-state index contributed by atoms with van der Waals surface area (Å²) >= 11 is 0. The maximum atomic E-state index is 10.6. The zero-order valence-corrected chi connectivity index (χ0v) is 11.0. The van der Waals surface area contributed by atoms with Gasteiger partial charge in [-0.3, -0.25) is 4.79 Å². The molecule has 1 aromatic rings. The van der Waals surface area contributed by atoms with Gasteiger partial charge in [-0.1, -0.05) is 0 Å². The molecule has 0 saturated heterocycles. The minimum atomic E-state index is -0.908. The van der Waals surface area contributed by atoms with Gasteiger partial charge in [0.1, 0.15) is 17.1 Å². The van der Waals surface area contributed by atoms with Gasteiger partial charge in [0.25, 0.3) is 0 Å². The highest BCUT2D eigenvalue weighted by atomic mass is 16.5. The Hall–Kier alpha value is -1.75. The molecule has 19 heavy (non-hydrogen) atoms. The maximum Gasteiger partial charge on any atom is 0.303 e. The van der Waals surface area contributed by atoms with Crippen molar-refractivity contribution in [1.29, 1.82) is 0 Å². The summed E-state index contributed by atoms with van der Waals surface area (Å²) in [7, 11) is 0. The van der Waals surface area contributed by atoms with Crippen LogP contribution in [0.25, 0.3) is 0 Å². The second kappa shape index (κ2) is 4.74. The number of carboxylic acids is 1. The number of rotatable bonds is 3. The molecule has 104 valence electrons. The molecule has 0 unspecified atom stereocenters. The molecule has 0 amide bonds. The molecule has 1 aromatic carbocycles.